The van der Waals surface area contributed by atoms with E-state index in [0.29, 0.717) is 11.5 Å². The van der Waals surface area contributed by atoms with Crippen molar-refractivity contribution < 1.29 is 5.11 Å². The molecule has 61 heavy (non-hydrogen) atoms. The molecule has 1 saturated heterocycles. The molecule has 0 radical (unpaired) electrons. The van der Waals surface area contributed by atoms with Gasteiger partial charge in [0.2, 0.25) is 0 Å². The zero-order valence-electron chi connectivity index (χ0n) is 34.2. The molecule has 5 N–H and O–H groups in total. The lowest BCUT2D eigenvalue weighted by Crippen LogP contribution is -2.29. The summed E-state index contributed by atoms with van der Waals surface area (Å²) in [5, 5.41) is 28.9. The summed E-state index contributed by atoms with van der Waals surface area (Å²) < 4.78 is 2.00. The average molecular weight is 805 g/mol. The minimum absolute atomic E-state index is 0.160. The number of aromatic nitrogens is 10. The molecule has 0 unspecified atom stereocenters. The highest BCUT2D eigenvalue weighted by Crippen LogP contribution is 2.38. The number of nitrogens with one attached hydrogen (secondary N) is 4. The summed E-state index contributed by atoms with van der Waals surface area (Å²) >= 11 is 0. The van der Waals surface area contributed by atoms with Crippen LogP contribution in [0.4, 0.5) is 5.69 Å². The van der Waals surface area contributed by atoms with E-state index in [1.54, 1.807) is 6.20 Å². The maximum Gasteiger partial charge on any atom is 0.159 e. The second-order valence-corrected chi connectivity index (χ2v) is 16.0. The number of rotatable bonds is 9. The number of para-hydroxylation sites is 1. The lowest BCUT2D eigenvalue weighted by atomic mass is 9.97. The van der Waals surface area contributed by atoms with Gasteiger partial charge in [0.25, 0.3) is 0 Å². The van der Waals surface area contributed by atoms with Crippen molar-refractivity contribution in [3.63, 3.8) is 0 Å². The van der Waals surface area contributed by atoms with Crippen molar-refractivity contribution in [1.29, 1.82) is 0 Å². The Morgan fingerprint density at radius 3 is 2.33 bits per heavy atom. The fourth-order valence-electron chi connectivity index (χ4n) is 8.88. The number of benzene rings is 4. The van der Waals surface area contributed by atoms with E-state index < -0.39 is 0 Å². The predicted octanol–water partition coefficient (Wildman–Crippen LogP) is 9.53. The van der Waals surface area contributed by atoms with Crippen LogP contribution in [0.1, 0.15) is 42.9 Å². The molecule has 7 heterocycles. The van der Waals surface area contributed by atoms with Gasteiger partial charge in [-0.1, -0.05) is 25.1 Å². The predicted molar refractivity (Wildman–Crippen MR) is 242 cm³/mol. The van der Waals surface area contributed by atoms with Crippen molar-refractivity contribution in [1.82, 2.24) is 55.2 Å². The topological polar surface area (TPSA) is 165 Å². The number of anilines is 1. The highest BCUT2D eigenvalue weighted by Gasteiger charge is 2.22. The second kappa shape index (κ2) is 14.7. The maximum atomic E-state index is 10.3. The van der Waals surface area contributed by atoms with E-state index in [1.807, 2.05) is 42.2 Å². The average Bonchev–Trinajstić information content (AvgIpc) is 4.10. The molecule has 4 aromatic carbocycles. The molecule has 1 aliphatic heterocycles. The number of piperidine rings is 1. The smallest absolute Gasteiger partial charge is 0.159 e. The zero-order valence-corrected chi connectivity index (χ0v) is 34.2. The zero-order chi connectivity index (χ0) is 41.2. The number of aromatic hydroxyl groups is 1. The van der Waals surface area contributed by atoms with E-state index in [4.69, 9.17) is 15.1 Å². The van der Waals surface area contributed by atoms with E-state index >= 15 is 0 Å². The summed E-state index contributed by atoms with van der Waals surface area (Å²) in [5.41, 5.74) is 16.0. The van der Waals surface area contributed by atoms with Crippen LogP contribution in [0.2, 0.25) is 0 Å². The first-order valence-electron chi connectivity index (χ1n) is 21.0. The van der Waals surface area contributed by atoms with Gasteiger partial charge in [0, 0.05) is 65.7 Å². The number of aromatic amines is 3. The van der Waals surface area contributed by atoms with Gasteiger partial charge in [0.15, 0.2) is 11.6 Å². The summed E-state index contributed by atoms with van der Waals surface area (Å²) in [6.45, 7) is 9.90. The van der Waals surface area contributed by atoms with Crippen LogP contribution in [0.3, 0.4) is 0 Å². The number of H-pyrrole nitrogens is 3. The molecule has 10 aromatic rings. The van der Waals surface area contributed by atoms with Crippen LogP contribution in [0, 0.1) is 13.8 Å². The van der Waals surface area contributed by atoms with Gasteiger partial charge in [0.1, 0.15) is 22.7 Å². The second-order valence-electron chi connectivity index (χ2n) is 16.0. The molecule has 0 atom stereocenters. The van der Waals surface area contributed by atoms with Gasteiger partial charge in [-0.2, -0.15) is 10.2 Å². The molecule has 11 rings (SSSR count). The molecule has 0 aliphatic carbocycles. The number of hydrogen-bond donors (Lipinski definition) is 5. The Morgan fingerprint density at radius 1 is 0.721 bits per heavy atom. The minimum atomic E-state index is 0.160. The van der Waals surface area contributed by atoms with Gasteiger partial charge in [0.05, 0.1) is 45.2 Å². The highest BCUT2D eigenvalue weighted by molar-refractivity contribution is 6.00. The molecule has 0 amide bonds. The lowest BCUT2D eigenvalue weighted by Gasteiger charge is -2.28. The standard InChI is InChI=1S/C48H44N12O/c1-4-49-22-31-23-50-24-35(27(31)2)30-12-16-41-34(20-30)45(48-53-39-9-8-10-42(46(39)55-48)59-17-6-5-7-18-59)58-60(41)32-13-15-38-40(21-32)54-47(52-38)44-33-19-29(11-14-37(33)56-57-44)36-25-51-26-43(61)28(36)3/h8-16,19-21,23-26,49,61H,4-7,17-18,22H2,1-3H3,(H,52,54)(H,53,55)(H,56,57). The number of imidazole rings is 2. The van der Waals surface area contributed by atoms with Crippen molar-refractivity contribution in [2.24, 2.45) is 0 Å². The number of hydrogen-bond acceptors (Lipinski definition) is 9. The Balaban J connectivity index is 1.03. The van der Waals surface area contributed by atoms with Crippen molar-refractivity contribution in [2.75, 3.05) is 24.5 Å². The largest absolute Gasteiger partial charge is 0.506 e. The van der Waals surface area contributed by atoms with Gasteiger partial charge >= 0.3 is 0 Å². The van der Waals surface area contributed by atoms with Crippen LogP contribution >= 0.6 is 0 Å². The van der Waals surface area contributed by atoms with Gasteiger partial charge in [-0.15, -0.1) is 0 Å². The van der Waals surface area contributed by atoms with Crippen molar-refractivity contribution in [2.45, 2.75) is 46.6 Å². The summed E-state index contributed by atoms with van der Waals surface area (Å²) in [4.78, 5) is 28.9. The maximum absolute atomic E-state index is 10.3. The van der Waals surface area contributed by atoms with E-state index in [1.165, 1.54) is 36.6 Å². The van der Waals surface area contributed by atoms with Crippen molar-refractivity contribution in [3.05, 3.63) is 114 Å². The van der Waals surface area contributed by atoms with E-state index in [0.717, 1.165) is 121 Å². The monoisotopic (exact) mass is 804 g/mol. The van der Waals surface area contributed by atoms with E-state index in [9.17, 15) is 5.11 Å². The van der Waals surface area contributed by atoms with E-state index in [2.05, 4.69) is 109 Å². The highest BCUT2D eigenvalue weighted by atomic mass is 16.3. The van der Waals surface area contributed by atoms with Crippen LogP contribution in [0.15, 0.2) is 97.6 Å². The minimum Gasteiger partial charge on any atom is -0.506 e. The van der Waals surface area contributed by atoms with Crippen molar-refractivity contribution in [3.8, 4) is 56.7 Å². The van der Waals surface area contributed by atoms with Crippen LogP contribution < -0.4 is 10.2 Å². The van der Waals surface area contributed by atoms with E-state index in [-0.39, 0.29) is 5.75 Å². The normalized spacial score (nSPS) is 13.4. The summed E-state index contributed by atoms with van der Waals surface area (Å²) in [7, 11) is 0. The SMILES string of the molecule is CCNCc1cncc(-c2ccc3c(c2)c(-c2nc4c(N5CCCCC5)cccc4[nH]2)nn3-c2ccc3[nH]c(-c4n[nH]c5ccc(-c6cncc(O)c6C)cc45)nc3c2)c1C. The Labute approximate surface area is 350 Å². The van der Waals surface area contributed by atoms with Crippen LogP contribution in [-0.4, -0.2) is 74.6 Å². The summed E-state index contributed by atoms with van der Waals surface area (Å²) in [5.74, 6) is 1.53. The van der Waals surface area contributed by atoms with Crippen molar-refractivity contribution >= 4 is 49.6 Å². The molecular formula is C48H44N12O. The van der Waals surface area contributed by atoms with Gasteiger partial charge < -0.3 is 25.3 Å². The molecule has 0 spiro atoms. The summed E-state index contributed by atoms with van der Waals surface area (Å²) in [6.07, 6.45) is 10.8. The molecule has 0 saturated carbocycles. The molecular weight excluding hydrogens is 761 g/mol. The Morgan fingerprint density at radius 2 is 1.48 bits per heavy atom. The first-order valence-corrected chi connectivity index (χ1v) is 21.0. The van der Waals surface area contributed by atoms with Gasteiger partial charge in [-0.05, 0) is 117 Å². The van der Waals surface area contributed by atoms with Gasteiger partial charge in [-0.3, -0.25) is 15.1 Å². The third-order valence-electron chi connectivity index (χ3n) is 12.3. The Hall–Kier alpha value is -7.38. The lowest BCUT2D eigenvalue weighted by molar-refractivity contribution is 0.469. The summed E-state index contributed by atoms with van der Waals surface area (Å²) in [6, 6.07) is 25.2. The third-order valence-corrected chi connectivity index (χ3v) is 12.3. The van der Waals surface area contributed by atoms with Gasteiger partial charge in [-0.25, -0.2) is 14.6 Å². The first-order chi connectivity index (χ1) is 29.9. The third kappa shape index (κ3) is 6.27. The molecule has 13 nitrogen and oxygen atoms in total. The molecule has 13 heteroatoms. The number of nitrogens with zero attached hydrogens (tertiary/aromatic N) is 8. The molecule has 302 valence electrons. The molecule has 6 aromatic heterocycles. The Kier molecular flexibility index (Phi) is 8.85. The van der Waals surface area contributed by atoms with Crippen LogP contribution in [0.25, 0.3) is 94.9 Å². The number of pyridine rings is 2. The number of fused-ring (bicyclic) bond motifs is 4. The molecule has 1 fully saturated rings. The van der Waals surface area contributed by atoms with Crippen LogP contribution in [-0.2, 0) is 6.54 Å². The van der Waals surface area contributed by atoms with Crippen LogP contribution in [0.5, 0.6) is 5.75 Å². The molecule has 0 bridgehead atoms. The fourth-order valence-corrected chi connectivity index (χ4v) is 8.88. The fraction of sp³-hybridized carbons (Fsp3) is 0.208. The Bertz CT molecular complexity index is 3290. The first kappa shape index (κ1) is 36.7. The molecule has 1 aliphatic rings. The quantitative estimate of drug-likeness (QED) is 0.0956.